The van der Waals surface area contributed by atoms with Gasteiger partial charge in [0.25, 0.3) is 0 Å². The standard InChI is InChI=1S/C16H28BNO4/c1-14(2,3)20-13(19)18-12-9-8-11(10-12)17-21-15(4,5)16(6,7)22-17/h10,12H,8-9H2,1-7H3,(H,18,19). The monoisotopic (exact) mass is 309 g/mol. The van der Waals surface area contributed by atoms with Gasteiger partial charge in [-0.3, -0.25) is 0 Å². The van der Waals surface area contributed by atoms with Crippen LogP contribution in [-0.4, -0.2) is 36.1 Å². The van der Waals surface area contributed by atoms with Crippen LogP contribution in [0.4, 0.5) is 4.79 Å². The number of amides is 1. The molecule has 2 rings (SSSR count). The average Bonchev–Trinajstić information content (AvgIpc) is 2.79. The summed E-state index contributed by atoms with van der Waals surface area (Å²) in [6.07, 6.45) is 3.35. The van der Waals surface area contributed by atoms with E-state index in [4.69, 9.17) is 14.0 Å². The molecule has 124 valence electrons. The zero-order valence-electron chi connectivity index (χ0n) is 14.8. The Morgan fingerprint density at radius 2 is 1.82 bits per heavy atom. The Kier molecular flexibility index (Phi) is 4.39. The molecule has 1 aliphatic carbocycles. The van der Waals surface area contributed by atoms with Crippen LogP contribution < -0.4 is 5.32 Å². The molecule has 0 bridgehead atoms. The SMILES string of the molecule is CC(C)(C)OC(=O)NC1C=C(B2OC(C)(C)C(C)(C)O2)CC1. The van der Waals surface area contributed by atoms with Crippen molar-refractivity contribution in [2.45, 2.75) is 84.2 Å². The van der Waals surface area contributed by atoms with E-state index in [9.17, 15) is 4.79 Å². The third-order valence-corrected chi connectivity index (χ3v) is 4.42. The maximum atomic E-state index is 11.8. The quantitative estimate of drug-likeness (QED) is 0.796. The largest absolute Gasteiger partial charge is 0.490 e. The van der Waals surface area contributed by atoms with Crippen molar-refractivity contribution in [1.29, 1.82) is 0 Å². The molecule has 0 spiro atoms. The lowest BCUT2D eigenvalue weighted by Crippen LogP contribution is -2.41. The maximum absolute atomic E-state index is 11.8. The van der Waals surface area contributed by atoms with Gasteiger partial charge in [0.05, 0.1) is 17.2 Å². The van der Waals surface area contributed by atoms with Gasteiger partial charge < -0.3 is 19.4 Å². The number of rotatable bonds is 2. The number of carbonyl (C=O) groups is 1. The van der Waals surface area contributed by atoms with Crippen molar-refractivity contribution in [1.82, 2.24) is 5.32 Å². The molecule has 0 radical (unpaired) electrons. The summed E-state index contributed by atoms with van der Waals surface area (Å²) in [5, 5.41) is 2.88. The zero-order chi connectivity index (χ0) is 16.8. The summed E-state index contributed by atoms with van der Waals surface area (Å²) in [5.74, 6) is 0. The Morgan fingerprint density at radius 1 is 1.27 bits per heavy atom. The molecule has 6 heteroatoms. The van der Waals surface area contributed by atoms with Crippen LogP contribution in [0.25, 0.3) is 0 Å². The van der Waals surface area contributed by atoms with Gasteiger partial charge in [0.15, 0.2) is 0 Å². The van der Waals surface area contributed by atoms with Crippen LogP contribution in [0.5, 0.6) is 0 Å². The van der Waals surface area contributed by atoms with E-state index in [2.05, 4.69) is 5.32 Å². The summed E-state index contributed by atoms with van der Waals surface area (Å²) < 4.78 is 17.4. The van der Waals surface area contributed by atoms with E-state index >= 15 is 0 Å². The number of allylic oxidation sites excluding steroid dienone is 1. The topological polar surface area (TPSA) is 56.8 Å². The number of hydrogen-bond acceptors (Lipinski definition) is 4. The molecule has 1 atom stereocenters. The van der Waals surface area contributed by atoms with Gasteiger partial charge in [0, 0.05) is 0 Å². The number of carbonyl (C=O) groups excluding carboxylic acids is 1. The first-order chi connectivity index (χ1) is 9.90. The van der Waals surface area contributed by atoms with E-state index in [1.54, 1.807) is 0 Å². The average molecular weight is 309 g/mol. The van der Waals surface area contributed by atoms with Gasteiger partial charge in [-0.25, -0.2) is 4.79 Å². The first kappa shape index (κ1) is 17.4. The smallest absolute Gasteiger partial charge is 0.444 e. The van der Waals surface area contributed by atoms with Gasteiger partial charge in [0.1, 0.15) is 5.60 Å². The second kappa shape index (κ2) is 5.57. The number of nitrogens with one attached hydrogen (secondary N) is 1. The molecule has 1 heterocycles. The fourth-order valence-corrected chi connectivity index (χ4v) is 2.51. The Bertz CT molecular complexity index is 463. The maximum Gasteiger partial charge on any atom is 0.490 e. The number of ether oxygens (including phenoxy) is 1. The van der Waals surface area contributed by atoms with Crippen LogP contribution in [0.2, 0.25) is 0 Å². The van der Waals surface area contributed by atoms with Crippen LogP contribution in [0.1, 0.15) is 61.3 Å². The van der Waals surface area contributed by atoms with E-state index < -0.39 is 5.60 Å². The molecule has 0 aromatic rings. The van der Waals surface area contributed by atoms with Crippen molar-refractivity contribution in [3.63, 3.8) is 0 Å². The highest BCUT2D eigenvalue weighted by Crippen LogP contribution is 2.40. The van der Waals surface area contributed by atoms with Crippen molar-refractivity contribution in [2.24, 2.45) is 0 Å². The Labute approximate surface area is 133 Å². The van der Waals surface area contributed by atoms with E-state index in [-0.39, 0.29) is 30.5 Å². The number of alkyl carbamates (subject to hydrolysis) is 1. The summed E-state index contributed by atoms with van der Waals surface area (Å²) in [7, 11) is -0.324. The minimum Gasteiger partial charge on any atom is -0.444 e. The molecule has 0 saturated carbocycles. The summed E-state index contributed by atoms with van der Waals surface area (Å²) in [5.41, 5.74) is -0.0644. The summed E-state index contributed by atoms with van der Waals surface area (Å²) in [4.78, 5) is 11.8. The first-order valence-electron chi connectivity index (χ1n) is 7.95. The highest BCUT2D eigenvalue weighted by molar-refractivity contribution is 6.54. The predicted octanol–water partition coefficient (Wildman–Crippen LogP) is 3.23. The molecule has 1 amide bonds. The van der Waals surface area contributed by atoms with Crippen LogP contribution in [0.15, 0.2) is 11.5 Å². The fraction of sp³-hybridized carbons (Fsp3) is 0.812. The highest BCUT2D eigenvalue weighted by Gasteiger charge is 2.52. The Balaban J connectivity index is 1.95. The molecule has 1 fully saturated rings. The van der Waals surface area contributed by atoms with E-state index in [0.717, 1.165) is 18.3 Å². The molecule has 0 aromatic carbocycles. The van der Waals surface area contributed by atoms with Crippen molar-refractivity contribution in [3.8, 4) is 0 Å². The van der Waals surface area contributed by atoms with Gasteiger partial charge in [-0.15, -0.1) is 0 Å². The highest BCUT2D eigenvalue weighted by atomic mass is 16.7. The van der Waals surface area contributed by atoms with Gasteiger partial charge in [-0.2, -0.15) is 0 Å². The summed E-state index contributed by atoms with van der Waals surface area (Å²) in [6.45, 7) is 13.7. The normalized spacial score (nSPS) is 26.8. The van der Waals surface area contributed by atoms with Crippen LogP contribution >= 0.6 is 0 Å². The summed E-state index contributed by atoms with van der Waals surface area (Å²) >= 11 is 0. The summed E-state index contributed by atoms with van der Waals surface area (Å²) in [6, 6.07) is -0.0242. The third kappa shape index (κ3) is 3.85. The van der Waals surface area contributed by atoms with E-state index in [1.807, 2.05) is 54.5 Å². The number of hydrogen-bond donors (Lipinski definition) is 1. The Hall–Kier alpha value is -1.01. The van der Waals surface area contributed by atoms with Gasteiger partial charge >= 0.3 is 13.2 Å². The van der Waals surface area contributed by atoms with Crippen LogP contribution in [0.3, 0.4) is 0 Å². The molecule has 1 unspecified atom stereocenters. The van der Waals surface area contributed by atoms with Gasteiger partial charge in [-0.05, 0) is 66.8 Å². The molecule has 2 aliphatic rings. The molecule has 22 heavy (non-hydrogen) atoms. The van der Waals surface area contributed by atoms with Crippen molar-refractivity contribution < 1.29 is 18.8 Å². The van der Waals surface area contributed by atoms with Crippen molar-refractivity contribution >= 4 is 13.2 Å². The molecule has 5 nitrogen and oxygen atoms in total. The Morgan fingerprint density at radius 3 is 2.32 bits per heavy atom. The molecular formula is C16H28BNO4. The fourth-order valence-electron chi connectivity index (χ4n) is 2.51. The predicted molar refractivity (Wildman–Crippen MR) is 86.6 cm³/mol. The molecule has 1 N–H and O–H groups in total. The second-order valence-electron chi connectivity index (χ2n) is 8.12. The van der Waals surface area contributed by atoms with E-state index in [0.29, 0.717) is 0 Å². The third-order valence-electron chi connectivity index (χ3n) is 4.42. The van der Waals surface area contributed by atoms with Crippen molar-refractivity contribution in [3.05, 3.63) is 11.5 Å². The minimum atomic E-state index is -0.485. The zero-order valence-corrected chi connectivity index (χ0v) is 14.8. The lowest BCUT2D eigenvalue weighted by molar-refractivity contribution is 0.00578. The van der Waals surface area contributed by atoms with Gasteiger partial charge in [-0.1, -0.05) is 6.08 Å². The lowest BCUT2D eigenvalue weighted by atomic mass is 9.78. The first-order valence-corrected chi connectivity index (χ1v) is 7.95. The molecule has 1 aliphatic heterocycles. The van der Waals surface area contributed by atoms with Crippen molar-refractivity contribution in [2.75, 3.05) is 0 Å². The minimum absolute atomic E-state index is 0.0242. The molecule has 0 aromatic heterocycles. The lowest BCUT2D eigenvalue weighted by Gasteiger charge is -2.32. The van der Waals surface area contributed by atoms with E-state index in [1.165, 1.54) is 0 Å². The van der Waals surface area contributed by atoms with Gasteiger partial charge in [0.2, 0.25) is 0 Å². The van der Waals surface area contributed by atoms with Crippen LogP contribution in [-0.2, 0) is 14.0 Å². The van der Waals surface area contributed by atoms with Crippen LogP contribution in [0, 0.1) is 0 Å². The molecule has 1 saturated heterocycles. The second-order valence-corrected chi connectivity index (χ2v) is 8.12. The molecular weight excluding hydrogens is 281 g/mol.